The van der Waals surface area contributed by atoms with Crippen LogP contribution in [0.5, 0.6) is 0 Å². The highest BCUT2D eigenvalue weighted by Crippen LogP contribution is 2.21. The molecule has 0 heterocycles. The van der Waals surface area contributed by atoms with E-state index in [1.54, 1.807) is 18.2 Å². The Kier molecular flexibility index (Phi) is 5.71. The first-order chi connectivity index (χ1) is 10.1. The first-order valence-corrected chi connectivity index (χ1v) is 7.81. The highest BCUT2D eigenvalue weighted by Gasteiger charge is 2.11. The number of hydrogen-bond donors (Lipinski definition) is 2. The molecule has 0 spiro atoms. The van der Waals surface area contributed by atoms with Gasteiger partial charge in [0.05, 0.1) is 10.6 Å². The molecule has 4 heteroatoms. The normalized spacial score (nSPS) is 10.4. The Morgan fingerprint density at radius 1 is 1.19 bits per heavy atom. The lowest BCUT2D eigenvalue weighted by molar-refractivity contribution is 0.102. The van der Waals surface area contributed by atoms with Gasteiger partial charge in [-0.05, 0) is 48.7 Å². The first kappa shape index (κ1) is 15.9. The van der Waals surface area contributed by atoms with E-state index < -0.39 is 0 Å². The van der Waals surface area contributed by atoms with Crippen LogP contribution in [0.3, 0.4) is 0 Å². The van der Waals surface area contributed by atoms with Crippen molar-refractivity contribution < 1.29 is 4.79 Å². The summed E-state index contributed by atoms with van der Waals surface area (Å²) < 4.78 is 0. The van der Waals surface area contributed by atoms with E-state index >= 15 is 0 Å². The second kappa shape index (κ2) is 7.53. The molecular formula is C17H18ClNOS. The maximum atomic E-state index is 12.2. The molecule has 0 aliphatic rings. The average molecular weight is 320 g/mol. The van der Waals surface area contributed by atoms with Gasteiger partial charge in [-0.1, -0.05) is 37.1 Å². The van der Waals surface area contributed by atoms with Gasteiger partial charge in [0.2, 0.25) is 0 Å². The van der Waals surface area contributed by atoms with Crippen molar-refractivity contribution in [1.82, 2.24) is 0 Å². The zero-order chi connectivity index (χ0) is 15.2. The lowest BCUT2D eigenvalue weighted by Gasteiger charge is -2.08. The van der Waals surface area contributed by atoms with Crippen LogP contribution in [0.25, 0.3) is 0 Å². The Morgan fingerprint density at radius 2 is 1.90 bits per heavy atom. The van der Waals surface area contributed by atoms with E-state index in [2.05, 4.69) is 24.9 Å². The Bertz CT molecular complexity index is 625. The van der Waals surface area contributed by atoms with Crippen LogP contribution in [-0.2, 0) is 6.42 Å². The molecule has 2 nitrogen and oxygen atoms in total. The quantitative estimate of drug-likeness (QED) is 0.726. The van der Waals surface area contributed by atoms with Crippen molar-refractivity contribution in [1.29, 1.82) is 0 Å². The fourth-order valence-corrected chi connectivity index (χ4v) is 2.43. The molecule has 2 aromatic carbocycles. The van der Waals surface area contributed by atoms with Crippen LogP contribution in [0, 0.1) is 0 Å². The summed E-state index contributed by atoms with van der Waals surface area (Å²) in [5.41, 5.74) is 2.48. The van der Waals surface area contributed by atoms with Gasteiger partial charge >= 0.3 is 0 Å². The number of unbranched alkanes of at least 4 members (excludes halogenated alkanes) is 1. The second-order valence-electron chi connectivity index (χ2n) is 4.92. The van der Waals surface area contributed by atoms with E-state index in [-0.39, 0.29) is 5.91 Å². The number of benzene rings is 2. The van der Waals surface area contributed by atoms with Crippen LogP contribution < -0.4 is 5.32 Å². The minimum Gasteiger partial charge on any atom is -0.322 e. The fourth-order valence-electron chi connectivity index (χ4n) is 2.02. The summed E-state index contributed by atoms with van der Waals surface area (Å²) in [6.45, 7) is 2.17. The molecule has 21 heavy (non-hydrogen) atoms. The van der Waals surface area contributed by atoms with Crippen LogP contribution in [-0.4, -0.2) is 5.91 Å². The number of carbonyl (C=O) groups is 1. The number of amides is 1. The molecule has 0 aromatic heterocycles. The molecule has 0 atom stereocenters. The van der Waals surface area contributed by atoms with Gasteiger partial charge in [0, 0.05) is 10.6 Å². The van der Waals surface area contributed by atoms with E-state index in [4.69, 9.17) is 11.6 Å². The summed E-state index contributed by atoms with van der Waals surface area (Å²) in [6.07, 6.45) is 3.42. The molecule has 2 aromatic rings. The fraction of sp³-hybridized carbons (Fsp3) is 0.235. The monoisotopic (exact) mass is 319 g/mol. The molecule has 0 bridgehead atoms. The number of carbonyl (C=O) groups excluding carboxylic acids is 1. The first-order valence-electron chi connectivity index (χ1n) is 6.99. The Morgan fingerprint density at radius 3 is 2.57 bits per heavy atom. The number of hydrogen-bond acceptors (Lipinski definition) is 2. The van der Waals surface area contributed by atoms with E-state index in [1.165, 1.54) is 18.4 Å². The van der Waals surface area contributed by atoms with Crippen molar-refractivity contribution in [2.24, 2.45) is 0 Å². The SMILES string of the molecule is CCCCc1ccc(NC(=O)c2cc(S)ccc2Cl)cc1. The third-order valence-corrected chi connectivity index (χ3v) is 3.83. The number of thiol groups is 1. The Hall–Kier alpha value is -1.45. The molecule has 0 fully saturated rings. The largest absolute Gasteiger partial charge is 0.322 e. The number of anilines is 1. The zero-order valence-electron chi connectivity index (χ0n) is 11.9. The number of rotatable bonds is 5. The van der Waals surface area contributed by atoms with Crippen LogP contribution in [0.15, 0.2) is 47.4 Å². The van der Waals surface area contributed by atoms with Gasteiger partial charge in [0.1, 0.15) is 0 Å². The summed E-state index contributed by atoms with van der Waals surface area (Å²) in [4.78, 5) is 12.9. The average Bonchev–Trinajstić information content (AvgIpc) is 2.49. The van der Waals surface area contributed by atoms with Crippen molar-refractivity contribution >= 4 is 35.8 Å². The molecular weight excluding hydrogens is 302 g/mol. The standard InChI is InChI=1S/C17H18ClNOS/c1-2-3-4-12-5-7-13(8-6-12)19-17(20)15-11-14(21)9-10-16(15)18/h5-11,21H,2-4H2,1H3,(H,19,20). The maximum absolute atomic E-state index is 12.2. The molecule has 1 N–H and O–H groups in total. The highest BCUT2D eigenvalue weighted by atomic mass is 35.5. The van der Waals surface area contributed by atoms with Crippen LogP contribution in [0.2, 0.25) is 5.02 Å². The van der Waals surface area contributed by atoms with Gasteiger partial charge < -0.3 is 5.32 Å². The molecule has 0 aliphatic carbocycles. The molecule has 0 aliphatic heterocycles. The second-order valence-corrected chi connectivity index (χ2v) is 5.84. The summed E-state index contributed by atoms with van der Waals surface area (Å²) in [5.74, 6) is -0.225. The Balaban J connectivity index is 2.07. The van der Waals surface area contributed by atoms with Crippen LogP contribution >= 0.6 is 24.2 Å². The molecule has 0 saturated heterocycles. The van der Waals surface area contributed by atoms with Gasteiger partial charge in [0.15, 0.2) is 0 Å². The lowest BCUT2D eigenvalue weighted by atomic mass is 10.1. The van der Waals surface area contributed by atoms with E-state index in [0.29, 0.717) is 15.5 Å². The summed E-state index contributed by atoms with van der Waals surface area (Å²) in [7, 11) is 0. The summed E-state index contributed by atoms with van der Waals surface area (Å²) in [5, 5.41) is 3.27. The zero-order valence-corrected chi connectivity index (χ0v) is 13.5. The van der Waals surface area contributed by atoms with E-state index in [0.717, 1.165) is 12.1 Å². The number of halogens is 1. The number of nitrogens with one attached hydrogen (secondary N) is 1. The van der Waals surface area contributed by atoms with Gasteiger partial charge in [-0.3, -0.25) is 4.79 Å². The molecule has 110 valence electrons. The van der Waals surface area contributed by atoms with Crippen molar-refractivity contribution in [2.45, 2.75) is 31.1 Å². The predicted molar refractivity (Wildman–Crippen MR) is 91.7 cm³/mol. The topological polar surface area (TPSA) is 29.1 Å². The third-order valence-electron chi connectivity index (χ3n) is 3.23. The van der Waals surface area contributed by atoms with Gasteiger partial charge in [0.25, 0.3) is 5.91 Å². The van der Waals surface area contributed by atoms with Crippen molar-refractivity contribution in [3.63, 3.8) is 0 Å². The van der Waals surface area contributed by atoms with Crippen molar-refractivity contribution in [3.05, 3.63) is 58.6 Å². The number of aryl methyl sites for hydroxylation is 1. The van der Waals surface area contributed by atoms with Crippen molar-refractivity contribution in [2.75, 3.05) is 5.32 Å². The van der Waals surface area contributed by atoms with E-state index in [9.17, 15) is 4.79 Å². The van der Waals surface area contributed by atoms with Crippen LogP contribution in [0.4, 0.5) is 5.69 Å². The molecule has 0 saturated carbocycles. The molecule has 1 amide bonds. The smallest absolute Gasteiger partial charge is 0.257 e. The minimum absolute atomic E-state index is 0.225. The van der Waals surface area contributed by atoms with Gasteiger partial charge in [-0.15, -0.1) is 12.6 Å². The summed E-state index contributed by atoms with van der Waals surface area (Å²) >= 11 is 10.3. The maximum Gasteiger partial charge on any atom is 0.257 e. The third kappa shape index (κ3) is 4.51. The molecule has 0 radical (unpaired) electrons. The highest BCUT2D eigenvalue weighted by molar-refractivity contribution is 7.80. The Labute approximate surface area is 135 Å². The summed E-state index contributed by atoms with van der Waals surface area (Å²) in [6, 6.07) is 13.0. The molecule has 0 unspecified atom stereocenters. The van der Waals surface area contributed by atoms with E-state index in [1.807, 2.05) is 24.3 Å². The lowest BCUT2D eigenvalue weighted by Crippen LogP contribution is -2.12. The van der Waals surface area contributed by atoms with Gasteiger partial charge in [-0.2, -0.15) is 0 Å². The van der Waals surface area contributed by atoms with Gasteiger partial charge in [-0.25, -0.2) is 0 Å². The van der Waals surface area contributed by atoms with Crippen molar-refractivity contribution in [3.8, 4) is 0 Å². The van der Waals surface area contributed by atoms with Crippen LogP contribution in [0.1, 0.15) is 35.7 Å². The molecule has 2 rings (SSSR count). The minimum atomic E-state index is -0.225. The predicted octanol–water partition coefficient (Wildman–Crippen LogP) is 5.22.